The molecule has 0 spiro atoms. The molecule has 0 heterocycles. The van der Waals surface area contributed by atoms with E-state index in [-0.39, 0.29) is 17.3 Å². The number of hydrogen-bond acceptors (Lipinski definition) is 4. The van der Waals surface area contributed by atoms with Gasteiger partial charge in [-0.3, -0.25) is 4.79 Å². The minimum Gasteiger partial charge on any atom is -0.325 e. The molecule has 0 saturated heterocycles. The van der Waals surface area contributed by atoms with E-state index < -0.39 is 9.84 Å². The molecule has 21 heavy (non-hydrogen) atoms. The molecule has 0 aromatic heterocycles. The van der Waals surface area contributed by atoms with Gasteiger partial charge in [-0.25, -0.2) is 8.42 Å². The van der Waals surface area contributed by atoms with Crippen molar-refractivity contribution in [1.82, 2.24) is 5.32 Å². The van der Waals surface area contributed by atoms with Gasteiger partial charge in [0.25, 0.3) is 0 Å². The molecule has 1 aliphatic carbocycles. The van der Waals surface area contributed by atoms with Gasteiger partial charge in [-0.05, 0) is 37.5 Å². The molecule has 6 heteroatoms. The normalized spacial score (nSPS) is 16.1. The molecule has 1 amide bonds. The number of carbonyl (C=O) groups excluding carboxylic acids is 1. The van der Waals surface area contributed by atoms with Crippen LogP contribution in [0.5, 0.6) is 0 Å². The molecule has 0 aliphatic heterocycles. The molecule has 2 rings (SSSR count). The van der Waals surface area contributed by atoms with E-state index in [0.717, 1.165) is 24.7 Å². The number of aryl methyl sites for hydroxylation is 1. The van der Waals surface area contributed by atoms with Crippen LogP contribution in [0.2, 0.25) is 0 Å². The highest BCUT2D eigenvalue weighted by atomic mass is 32.2. The molecule has 1 aromatic rings. The van der Waals surface area contributed by atoms with Crippen molar-refractivity contribution < 1.29 is 13.2 Å². The highest BCUT2D eigenvalue weighted by molar-refractivity contribution is 7.90. The summed E-state index contributed by atoms with van der Waals surface area (Å²) in [6.45, 7) is 2.10. The SMILES string of the molecule is Cc1ccc(S(C)(=O)=O)cc1NC(=O)CNC1CCCC1. The summed E-state index contributed by atoms with van der Waals surface area (Å²) in [5, 5.41) is 6.02. The lowest BCUT2D eigenvalue weighted by atomic mass is 10.2. The largest absolute Gasteiger partial charge is 0.325 e. The maximum atomic E-state index is 12.0. The number of nitrogens with one attached hydrogen (secondary N) is 2. The molecule has 1 aliphatic rings. The summed E-state index contributed by atoms with van der Waals surface area (Å²) in [6.07, 6.45) is 5.83. The van der Waals surface area contributed by atoms with E-state index in [1.165, 1.54) is 18.9 Å². The fourth-order valence-electron chi connectivity index (χ4n) is 2.53. The maximum absolute atomic E-state index is 12.0. The fourth-order valence-corrected chi connectivity index (χ4v) is 3.17. The van der Waals surface area contributed by atoms with E-state index in [2.05, 4.69) is 10.6 Å². The van der Waals surface area contributed by atoms with Crippen molar-refractivity contribution >= 4 is 21.4 Å². The predicted molar refractivity (Wildman–Crippen MR) is 83.2 cm³/mol. The molecule has 1 saturated carbocycles. The molecule has 0 radical (unpaired) electrons. The second kappa shape index (κ2) is 6.58. The summed E-state index contributed by atoms with van der Waals surface area (Å²) in [5.41, 5.74) is 1.40. The third-order valence-electron chi connectivity index (χ3n) is 3.82. The molecule has 1 aromatic carbocycles. The molecular weight excluding hydrogens is 288 g/mol. The molecule has 0 bridgehead atoms. The first kappa shape index (κ1) is 16.0. The first-order chi connectivity index (χ1) is 9.86. The van der Waals surface area contributed by atoms with Crippen LogP contribution in [0.25, 0.3) is 0 Å². The van der Waals surface area contributed by atoms with Gasteiger partial charge in [-0.2, -0.15) is 0 Å². The van der Waals surface area contributed by atoms with Crippen molar-refractivity contribution in [1.29, 1.82) is 0 Å². The maximum Gasteiger partial charge on any atom is 0.238 e. The smallest absolute Gasteiger partial charge is 0.238 e. The fraction of sp³-hybridized carbons (Fsp3) is 0.533. The number of hydrogen-bond donors (Lipinski definition) is 2. The Kier molecular flexibility index (Phi) is 5.00. The van der Waals surface area contributed by atoms with Crippen molar-refractivity contribution in [2.24, 2.45) is 0 Å². The summed E-state index contributed by atoms with van der Waals surface area (Å²) in [6, 6.07) is 5.20. The Bertz CT molecular complexity index is 620. The number of rotatable bonds is 5. The second-order valence-corrected chi connectivity index (χ2v) is 7.68. The zero-order valence-corrected chi connectivity index (χ0v) is 13.3. The Labute approximate surface area is 126 Å². The Morgan fingerprint density at radius 3 is 2.57 bits per heavy atom. The van der Waals surface area contributed by atoms with Crippen LogP contribution in [-0.4, -0.2) is 33.2 Å². The summed E-state index contributed by atoms with van der Waals surface area (Å²) in [7, 11) is -3.27. The van der Waals surface area contributed by atoms with Crippen LogP contribution in [0.4, 0.5) is 5.69 Å². The van der Waals surface area contributed by atoms with E-state index in [1.807, 2.05) is 6.92 Å². The Morgan fingerprint density at radius 1 is 1.29 bits per heavy atom. The van der Waals surface area contributed by atoms with Gasteiger partial charge in [0.15, 0.2) is 9.84 Å². The first-order valence-corrected chi connectivity index (χ1v) is 9.09. The Morgan fingerprint density at radius 2 is 1.95 bits per heavy atom. The average Bonchev–Trinajstić information content (AvgIpc) is 2.91. The van der Waals surface area contributed by atoms with Crippen LogP contribution in [0, 0.1) is 6.92 Å². The van der Waals surface area contributed by atoms with Gasteiger partial charge in [0, 0.05) is 18.0 Å². The minimum atomic E-state index is -3.27. The lowest BCUT2D eigenvalue weighted by Gasteiger charge is -2.13. The highest BCUT2D eigenvalue weighted by Gasteiger charge is 2.16. The van der Waals surface area contributed by atoms with E-state index in [4.69, 9.17) is 0 Å². The summed E-state index contributed by atoms with van der Waals surface area (Å²) < 4.78 is 23.1. The van der Waals surface area contributed by atoms with Gasteiger partial charge in [0.2, 0.25) is 5.91 Å². The molecule has 0 unspecified atom stereocenters. The average molecular weight is 310 g/mol. The first-order valence-electron chi connectivity index (χ1n) is 7.20. The number of benzene rings is 1. The van der Waals surface area contributed by atoms with Crippen molar-refractivity contribution in [3.8, 4) is 0 Å². The van der Waals surface area contributed by atoms with Gasteiger partial charge < -0.3 is 10.6 Å². The zero-order valence-electron chi connectivity index (χ0n) is 12.5. The third kappa shape index (κ3) is 4.54. The summed E-state index contributed by atoms with van der Waals surface area (Å²) in [4.78, 5) is 12.2. The van der Waals surface area contributed by atoms with E-state index in [1.54, 1.807) is 12.1 Å². The monoisotopic (exact) mass is 310 g/mol. The Balaban J connectivity index is 1.99. The molecule has 2 N–H and O–H groups in total. The number of carbonyl (C=O) groups is 1. The van der Waals surface area contributed by atoms with Crippen LogP contribution in [-0.2, 0) is 14.6 Å². The van der Waals surface area contributed by atoms with E-state index >= 15 is 0 Å². The zero-order chi connectivity index (χ0) is 15.5. The highest BCUT2D eigenvalue weighted by Crippen LogP contribution is 2.20. The van der Waals surface area contributed by atoms with Crippen LogP contribution < -0.4 is 10.6 Å². The van der Waals surface area contributed by atoms with Crippen molar-refractivity contribution in [3.05, 3.63) is 23.8 Å². The van der Waals surface area contributed by atoms with Crippen molar-refractivity contribution in [2.75, 3.05) is 18.1 Å². The molecule has 5 nitrogen and oxygen atoms in total. The van der Waals surface area contributed by atoms with Gasteiger partial charge in [0.1, 0.15) is 0 Å². The van der Waals surface area contributed by atoms with Crippen LogP contribution in [0.15, 0.2) is 23.1 Å². The van der Waals surface area contributed by atoms with Gasteiger partial charge in [-0.1, -0.05) is 18.9 Å². The lowest BCUT2D eigenvalue weighted by molar-refractivity contribution is -0.115. The number of amides is 1. The number of anilines is 1. The van der Waals surface area contributed by atoms with Crippen LogP contribution >= 0.6 is 0 Å². The van der Waals surface area contributed by atoms with Gasteiger partial charge >= 0.3 is 0 Å². The lowest BCUT2D eigenvalue weighted by Crippen LogP contribution is -2.34. The van der Waals surface area contributed by atoms with E-state index in [9.17, 15) is 13.2 Å². The second-order valence-electron chi connectivity index (χ2n) is 5.66. The molecule has 1 fully saturated rings. The predicted octanol–water partition coefficient (Wildman–Crippen LogP) is 1.87. The van der Waals surface area contributed by atoms with Gasteiger partial charge in [0.05, 0.1) is 11.4 Å². The number of sulfone groups is 1. The van der Waals surface area contributed by atoms with Gasteiger partial charge in [-0.15, -0.1) is 0 Å². The van der Waals surface area contributed by atoms with Crippen LogP contribution in [0.3, 0.4) is 0 Å². The van der Waals surface area contributed by atoms with Crippen molar-refractivity contribution in [3.63, 3.8) is 0 Å². The Hall–Kier alpha value is -1.40. The minimum absolute atomic E-state index is 0.143. The topological polar surface area (TPSA) is 75.3 Å². The van der Waals surface area contributed by atoms with E-state index in [0.29, 0.717) is 11.7 Å². The van der Waals surface area contributed by atoms with Crippen LogP contribution in [0.1, 0.15) is 31.2 Å². The molecule has 116 valence electrons. The third-order valence-corrected chi connectivity index (χ3v) is 4.93. The van der Waals surface area contributed by atoms with Crippen molar-refractivity contribution in [2.45, 2.75) is 43.5 Å². The summed E-state index contributed by atoms with van der Waals surface area (Å²) >= 11 is 0. The quantitative estimate of drug-likeness (QED) is 0.870. The molecule has 0 atom stereocenters. The summed E-state index contributed by atoms with van der Waals surface area (Å²) in [5.74, 6) is -0.143. The molecular formula is C15H22N2O3S. The standard InChI is InChI=1S/C15H22N2O3S/c1-11-7-8-13(21(2,19)20)9-14(11)17-15(18)10-16-12-5-3-4-6-12/h7-9,12,16H,3-6,10H2,1-2H3,(H,17,18).